The van der Waals surface area contributed by atoms with Crippen molar-refractivity contribution < 1.29 is 81.2 Å². The minimum Gasteiger partial charge on any atom is -0.481 e. The van der Waals surface area contributed by atoms with Crippen LogP contribution in [0.1, 0.15) is 109 Å². The van der Waals surface area contributed by atoms with Crippen LogP contribution >= 0.6 is 0 Å². The molecule has 0 aliphatic carbocycles. The van der Waals surface area contributed by atoms with Gasteiger partial charge < -0.3 is 52.5 Å². The Balaban J connectivity index is 2.50. The average molecular weight is 1020 g/mol. The van der Waals surface area contributed by atoms with Gasteiger partial charge in [-0.3, -0.25) is 52.7 Å². The molecule has 0 radical (unpaired) electrons. The number of nitrogens with one attached hydrogen (secondary N) is 7. The molecule has 0 saturated carbocycles. The van der Waals surface area contributed by atoms with E-state index < -0.39 is 163 Å². The smallest absolute Gasteiger partial charge is 0.391 e. The van der Waals surface area contributed by atoms with Gasteiger partial charge in [-0.15, -0.1) is 0 Å². The van der Waals surface area contributed by atoms with Gasteiger partial charge in [0, 0.05) is 19.3 Å². The number of aryl methyl sites for hydroxylation is 1. The molecular formula is C48H64F3N7O14. The Morgan fingerprint density at radius 1 is 0.556 bits per heavy atom. The third kappa shape index (κ3) is 21.7. The lowest BCUT2D eigenvalue weighted by Crippen LogP contribution is -2.62. The van der Waals surface area contributed by atoms with Crippen LogP contribution in [0.3, 0.4) is 0 Å². The van der Waals surface area contributed by atoms with Crippen molar-refractivity contribution in [3.8, 4) is 0 Å². The first-order valence-electron chi connectivity index (χ1n) is 22.9. The predicted molar refractivity (Wildman–Crippen MR) is 250 cm³/mol. The van der Waals surface area contributed by atoms with Crippen LogP contribution in [-0.2, 0) is 59.2 Å². The van der Waals surface area contributed by atoms with Crippen LogP contribution in [0.15, 0.2) is 54.6 Å². The van der Waals surface area contributed by atoms with Crippen molar-refractivity contribution in [1.82, 2.24) is 37.2 Å². The van der Waals surface area contributed by atoms with E-state index in [1.54, 1.807) is 75.4 Å². The van der Waals surface area contributed by atoms with Gasteiger partial charge in [0.15, 0.2) is 0 Å². The highest BCUT2D eigenvalue weighted by Gasteiger charge is 2.42. The largest absolute Gasteiger partial charge is 0.481 e. The molecule has 0 heterocycles. The van der Waals surface area contributed by atoms with Crippen molar-refractivity contribution in [3.63, 3.8) is 0 Å². The molecule has 21 nitrogen and oxygen atoms in total. The molecule has 24 heteroatoms. The minimum absolute atomic E-state index is 0.207. The highest BCUT2D eigenvalue weighted by molar-refractivity contribution is 6.38. The van der Waals surface area contributed by atoms with Gasteiger partial charge in [0.1, 0.15) is 36.3 Å². The first kappa shape index (κ1) is 60.7. The molecule has 0 aliphatic heterocycles. The maximum Gasteiger partial charge on any atom is 0.391 e. The molecule has 0 saturated heterocycles. The van der Waals surface area contributed by atoms with Gasteiger partial charge in [0.05, 0.1) is 25.3 Å². The number of hydrogen-bond acceptors (Lipinski definition) is 11. The number of alkyl halides is 3. The maximum absolute atomic E-state index is 14.4. The first-order chi connectivity index (χ1) is 33.4. The third-order valence-corrected chi connectivity index (χ3v) is 10.9. The van der Waals surface area contributed by atoms with Crippen molar-refractivity contribution in [2.75, 3.05) is 0 Å². The number of carbonyl (C=O) groups is 11. The Hall–Kier alpha value is -7.40. The number of aliphatic carboxylic acids is 3. The summed E-state index contributed by atoms with van der Waals surface area (Å²) in [5.41, 5.74) is 0.441. The summed E-state index contributed by atoms with van der Waals surface area (Å²) < 4.78 is 41.6. The molecule has 2 aromatic rings. The van der Waals surface area contributed by atoms with E-state index in [9.17, 15) is 76.1 Å². The second-order valence-electron chi connectivity index (χ2n) is 18.6. The van der Waals surface area contributed by atoms with E-state index in [-0.39, 0.29) is 12.8 Å². The van der Waals surface area contributed by atoms with Crippen LogP contribution in [0.4, 0.5) is 13.2 Å². The lowest BCUT2D eigenvalue weighted by atomic mass is 9.85. The summed E-state index contributed by atoms with van der Waals surface area (Å²) in [7, 11) is 0. The van der Waals surface area contributed by atoms with Gasteiger partial charge in [-0.25, -0.2) is 0 Å². The minimum atomic E-state index is -5.05. The third-order valence-electron chi connectivity index (χ3n) is 10.9. The summed E-state index contributed by atoms with van der Waals surface area (Å²) in [6.07, 6.45) is -11.2. The van der Waals surface area contributed by atoms with E-state index in [1.165, 1.54) is 27.7 Å². The molecule has 0 aromatic heterocycles. The molecular weight excluding hydrogens is 956 g/mol. The molecule has 7 amide bonds. The normalized spacial score (nSPS) is 14.4. The Morgan fingerprint density at radius 3 is 1.61 bits per heavy atom. The van der Waals surface area contributed by atoms with Crippen LogP contribution in [0, 0.1) is 18.3 Å². The predicted octanol–water partition coefficient (Wildman–Crippen LogP) is 2.14. The monoisotopic (exact) mass is 1020 g/mol. The van der Waals surface area contributed by atoms with E-state index in [0.717, 1.165) is 0 Å². The maximum atomic E-state index is 14.4. The fourth-order valence-electron chi connectivity index (χ4n) is 7.06. The number of Topliss-reactive ketones (excluding diaryl/α,β-unsaturated/α-hetero) is 1. The number of carbonyl (C=O) groups excluding carboxylic acids is 8. The second kappa shape index (κ2) is 27.8. The number of rotatable bonds is 28. The van der Waals surface area contributed by atoms with Crippen molar-refractivity contribution in [1.29, 1.82) is 0 Å². The van der Waals surface area contributed by atoms with Crippen molar-refractivity contribution in [2.24, 2.45) is 11.3 Å². The Labute approximate surface area is 413 Å². The first-order valence-corrected chi connectivity index (χ1v) is 22.9. The molecule has 72 heavy (non-hydrogen) atoms. The Kier molecular flexibility index (Phi) is 23.5. The number of ketones is 1. The van der Waals surface area contributed by atoms with Crippen LogP contribution < -0.4 is 37.2 Å². The number of amides is 7. The standard InChI is InChI=1S/C48H64F3N7O14/c1-25(2)21-31(42(68)57-34(24-48(49,50)51)39(66)45(71)52-27(4)28-14-9-8-10-15-28)56-46(72)40(47(5,6)7)58-44(70)32(22-29-16-12-11-13-26(29)3)55-41(67)30(17-19-36(60)61)54-43(69)33(23-38(64)65)53-35(59)18-20-37(62)63/h8-16,25,27,30-34,40H,17-24H2,1-7H3,(H,52,71)(H,53,59)(H,54,69)(H,55,67)(H,56,72)(H,57,68)(H,58,70)(H,60,61)(H,62,63)(H,64,65)/t27-,30-,31-,32-,33-,34?,40+/m0/s1. The lowest BCUT2D eigenvalue weighted by Gasteiger charge is -2.34. The highest BCUT2D eigenvalue weighted by atomic mass is 19.4. The SMILES string of the molecule is Cc1ccccc1C[C@H](NC(=O)[C@H](CCC(=O)O)NC(=O)[C@H](CC(=O)O)NC(=O)CCC(=O)O)C(=O)N[C@H](C(=O)N[C@@H](CC(C)C)C(=O)NC(CC(F)(F)F)C(=O)C(=O)N[C@@H](C)c1ccccc1)C(C)(C)C. The summed E-state index contributed by atoms with van der Waals surface area (Å²) in [5, 5.41) is 43.9. The zero-order valence-corrected chi connectivity index (χ0v) is 40.9. The fraction of sp³-hybridized carbons (Fsp3) is 0.521. The summed E-state index contributed by atoms with van der Waals surface area (Å²) in [6.45, 7) is 11.0. The second-order valence-corrected chi connectivity index (χ2v) is 18.6. The van der Waals surface area contributed by atoms with E-state index in [0.29, 0.717) is 16.7 Å². The van der Waals surface area contributed by atoms with E-state index in [1.807, 2.05) is 5.32 Å². The van der Waals surface area contributed by atoms with Gasteiger partial charge in [-0.2, -0.15) is 13.2 Å². The quantitative estimate of drug-likeness (QED) is 0.0547. The van der Waals surface area contributed by atoms with Gasteiger partial charge in [-0.1, -0.05) is 89.2 Å². The van der Waals surface area contributed by atoms with Gasteiger partial charge in [0.25, 0.3) is 5.91 Å². The van der Waals surface area contributed by atoms with Crippen molar-refractivity contribution >= 4 is 65.0 Å². The summed E-state index contributed by atoms with van der Waals surface area (Å²) in [4.78, 5) is 143. The molecule has 7 atom stereocenters. The van der Waals surface area contributed by atoms with Crippen molar-refractivity contribution in [3.05, 3.63) is 71.3 Å². The van der Waals surface area contributed by atoms with Crippen molar-refractivity contribution in [2.45, 2.75) is 148 Å². The lowest BCUT2D eigenvalue weighted by molar-refractivity contribution is -0.154. The van der Waals surface area contributed by atoms with E-state index >= 15 is 0 Å². The number of halogens is 3. The van der Waals surface area contributed by atoms with Crippen LogP contribution in [0.2, 0.25) is 0 Å². The van der Waals surface area contributed by atoms with Crippen LogP contribution in [-0.4, -0.2) is 123 Å². The van der Waals surface area contributed by atoms with Gasteiger partial charge in [0.2, 0.25) is 41.2 Å². The number of carboxylic acid groups (broad SMARTS) is 3. The molecule has 0 fully saturated rings. The summed E-state index contributed by atoms with van der Waals surface area (Å²) in [5.74, 6) is -14.6. The number of carboxylic acids is 3. The molecule has 0 spiro atoms. The molecule has 2 rings (SSSR count). The molecule has 2 aromatic carbocycles. The van der Waals surface area contributed by atoms with Gasteiger partial charge >= 0.3 is 24.1 Å². The number of benzene rings is 2. The Bertz CT molecular complexity index is 2290. The van der Waals surface area contributed by atoms with E-state index in [4.69, 9.17) is 5.11 Å². The zero-order valence-electron chi connectivity index (χ0n) is 40.9. The summed E-state index contributed by atoms with van der Waals surface area (Å²) >= 11 is 0. The number of hydrogen-bond donors (Lipinski definition) is 10. The zero-order chi connectivity index (χ0) is 54.7. The molecule has 0 bridgehead atoms. The molecule has 1 unspecified atom stereocenters. The summed E-state index contributed by atoms with van der Waals surface area (Å²) in [6, 6.07) is 3.09. The van der Waals surface area contributed by atoms with Gasteiger partial charge in [-0.05, 0) is 54.7 Å². The van der Waals surface area contributed by atoms with E-state index in [2.05, 4.69) is 31.9 Å². The average Bonchev–Trinajstić information content (AvgIpc) is 3.27. The molecule has 396 valence electrons. The topological polar surface area (TPSA) is 333 Å². The highest BCUT2D eigenvalue weighted by Crippen LogP contribution is 2.24. The van der Waals surface area contributed by atoms with Crippen LogP contribution in [0.5, 0.6) is 0 Å². The van der Waals surface area contributed by atoms with Crippen LogP contribution in [0.25, 0.3) is 0 Å². The molecule has 10 N–H and O–H groups in total. The molecule has 0 aliphatic rings. The Morgan fingerprint density at radius 2 is 1.07 bits per heavy atom. The fourth-order valence-corrected chi connectivity index (χ4v) is 7.06.